The Morgan fingerprint density at radius 2 is 2.00 bits per heavy atom. The van der Waals surface area contributed by atoms with Crippen LogP contribution >= 0.6 is 0 Å². The van der Waals surface area contributed by atoms with E-state index in [9.17, 15) is 13.2 Å². The first-order chi connectivity index (χ1) is 9.98. The number of hydrogen-bond donors (Lipinski definition) is 1. The molecule has 1 aliphatic carbocycles. The van der Waals surface area contributed by atoms with E-state index >= 15 is 0 Å². The lowest BCUT2D eigenvalue weighted by Gasteiger charge is -2.29. The molecule has 118 valence electrons. The average molecular weight is 301 g/mol. The van der Waals surface area contributed by atoms with Crippen LogP contribution in [0.3, 0.4) is 0 Å². The van der Waals surface area contributed by atoms with Crippen LogP contribution in [0.4, 0.5) is 13.2 Å². The van der Waals surface area contributed by atoms with Crippen molar-refractivity contribution in [3.63, 3.8) is 0 Å². The van der Waals surface area contributed by atoms with Gasteiger partial charge in [0.2, 0.25) is 0 Å². The maximum Gasteiger partial charge on any atom is 0.573 e. The lowest BCUT2D eigenvalue weighted by Crippen LogP contribution is -2.33. The topological polar surface area (TPSA) is 21.3 Å². The molecule has 0 radical (unpaired) electrons. The van der Waals surface area contributed by atoms with Crippen molar-refractivity contribution in [3.8, 4) is 5.75 Å². The van der Waals surface area contributed by atoms with E-state index < -0.39 is 6.36 Å². The number of alkyl halides is 3. The number of halogens is 3. The summed E-state index contributed by atoms with van der Waals surface area (Å²) in [5.74, 6) is 0.623. The summed E-state index contributed by atoms with van der Waals surface area (Å²) in [6.45, 7) is 2.60. The molecule has 0 aromatic heterocycles. The summed E-state index contributed by atoms with van der Waals surface area (Å²) in [4.78, 5) is 0. The Hall–Kier alpha value is -1.23. The fourth-order valence-corrected chi connectivity index (χ4v) is 2.98. The summed E-state index contributed by atoms with van der Waals surface area (Å²) in [6, 6.07) is 6.71. The van der Waals surface area contributed by atoms with Crippen LogP contribution in [0.15, 0.2) is 24.3 Å². The number of nitrogens with one attached hydrogen (secondary N) is 1. The molecule has 2 rings (SSSR count). The monoisotopic (exact) mass is 301 g/mol. The Labute approximate surface area is 123 Å². The van der Waals surface area contributed by atoms with Crippen LogP contribution in [0.25, 0.3) is 0 Å². The summed E-state index contributed by atoms with van der Waals surface area (Å²) in [5, 5.41) is 3.38. The predicted molar refractivity (Wildman–Crippen MR) is 76.0 cm³/mol. The molecule has 0 bridgehead atoms. The summed E-state index contributed by atoms with van der Waals surface area (Å²) < 4.78 is 41.2. The third-order valence-corrected chi connectivity index (χ3v) is 4.14. The molecule has 1 N–H and O–H groups in total. The van der Waals surface area contributed by atoms with Gasteiger partial charge >= 0.3 is 6.36 Å². The van der Waals surface area contributed by atoms with E-state index in [1.54, 1.807) is 18.2 Å². The van der Waals surface area contributed by atoms with Crippen LogP contribution in [0.2, 0.25) is 0 Å². The molecule has 2 atom stereocenters. The fourth-order valence-electron chi connectivity index (χ4n) is 2.98. The molecule has 0 heterocycles. The first kappa shape index (κ1) is 16.1. The minimum atomic E-state index is -4.64. The van der Waals surface area contributed by atoms with Gasteiger partial charge in [-0.15, -0.1) is 13.2 Å². The first-order valence-electron chi connectivity index (χ1n) is 7.55. The van der Waals surface area contributed by atoms with Crippen LogP contribution in [0.1, 0.15) is 44.6 Å². The second-order valence-electron chi connectivity index (χ2n) is 5.67. The smallest absolute Gasteiger partial charge is 0.405 e. The normalized spacial score (nSPS) is 23.0. The zero-order valence-corrected chi connectivity index (χ0v) is 12.2. The van der Waals surface area contributed by atoms with Crippen LogP contribution in [0, 0.1) is 5.92 Å². The van der Waals surface area contributed by atoms with Gasteiger partial charge in [-0.3, -0.25) is 0 Å². The summed E-state index contributed by atoms with van der Waals surface area (Å²) in [7, 11) is 0. The Kier molecular flexibility index (Phi) is 5.51. The number of rotatable bonds is 5. The van der Waals surface area contributed by atoms with Gasteiger partial charge in [0, 0.05) is 18.2 Å². The minimum absolute atomic E-state index is 0.111. The molecule has 1 fully saturated rings. The van der Waals surface area contributed by atoms with Gasteiger partial charge in [0.05, 0.1) is 0 Å². The second-order valence-corrected chi connectivity index (χ2v) is 5.67. The van der Waals surface area contributed by atoms with Crippen molar-refractivity contribution in [1.82, 2.24) is 5.32 Å². The highest BCUT2D eigenvalue weighted by Gasteiger charge is 2.32. The molecule has 2 unspecified atom stereocenters. The van der Waals surface area contributed by atoms with E-state index in [1.807, 2.05) is 0 Å². The van der Waals surface area contributed by atoms with Gasteiger partial charge in [0.25, 0.3) is 0 Å². The van der Waals surface area contributed by atoms with E-state index in [0.29, 0.717) is 18.2 Å². The lowest BCUT2D eigenvalue weighted by molar-refractivity contribution is -0.274. The van der Waals surface area contributed by atoms with Crippen molar-refractivity contribution in [2.45, 2.75) is 58.0 Å². The molecule has 0 amide bonds. The zero-order valence-electron chi connectivity index (χ0n) is 12.2. The van der Waals surface area contributed by atoms with Gasteiger partial charge in [-0.1, -0.05) is 44.4 Å². The molecule has 2 nitrogen and oxygen atoms in total. The third kappa shape index (κ3) is 5.23. The maximum absolute atomic E-state index is 12.4. The van der Waals surface area contributed by atoms with Crippen LogP contribution in [-0.4, -0.2) is 12.4 Å². The molecule has 21 heavy (non-hydrogen) atoms. The molecule has 1 saturated carbocycles. The van der Waals surface area contributed by atoms with Crippen molar-refractivity contribution < 1.29 is 17.9 Å². The zero-order chi connectivity index (χ0) is 15.3. The number of benzene rings is 1. The first-order valence-corrected chi connectivity index (χ1v) is 7.55. The van der Waals surface area contributed by atoms with Crippen LogP contribution in [-0.2, 0) is 6.54 Å². The van der Waals surface area contributed by atoms with Crippen LogP contribution in [0.5, 0.6) is 5.75 Å². The number of para-hydroxylation sites is 1. The Morgan fingerprint density at radius 1 is 1.24 bits per heavy atom. The van der Waals surface area contributed by atoms with Gasteiger partial charge in [0.1, 0.15) is 5.75 Å². The molecular formula is C16H22F3NO. The molecule has 0 saturated heterocycles. The Morgan fingerprint density at radius 3 is 2.71 bits per heavy atom. The quantitative estimate of drug-likeness (QED) is 0.855. The highest BCUT2D eigenvalue weighted by molar-refractivity contribution is 5.33. The molecule has 0 spiro atoms. The van der Waals surface area contributed by atoms with Crippen molar-refractivity contribution >= 4 is 0 Å². The van der Waals surface area contributed by atoms with Gasteiger partial charge in [0.15, 0.2) is 0 Å². The van der Waals surface area contributed by atoms with E-state index in [1.165, 1.54) is 25.3 Å². The maximum atomic E-state index is 12.4. The third-order valence-electron chi connectivity index (χ3n) is 4.14. The van der Waals surface area contributed by atoms with E-state index in [0.717, 1.165) is 18.8 Å². The summed E-state index contributed by atoms with van der Waals surface area (Å²) in [5.41, 5.74) is 0.549. The highest BCUT2D eigenvalue weighted by Crippen LogP contribution is 2.29. The molecule has 1 aromatic carbocycles. The average Bonchev–Trinajstić information content (AvgIpc) is 2.45. The predicted octanol–water partition coefficient (Wildman–Crippen LogP) is 4.64. The van der Waals surface area contributed by atoms with E-state index in [2.05, 4.69) is 17.0 Å². The molecule has 5 heteroatoms. The van der Waals surface area contributed by atoms with Crippen molar-refractivity contribution in [3.05, 3.63) is 29.8 Å². The number of ether oxygens (including phenoxy) is 1. The highest BCUT2D eigenvalue weighted by atomic mass is 19.4. The van der Waals surface area contributed by atoms with Gasteiger partial charge in [-0.05, 0) is 24.8 Å². The van der Waals surface area contributed by atoms with Crippen molar-refractivity contribution in [2.24, 2.45) is 5.92 Å². The molecule has 1 aliphatic rings. The SMILES string of the molecule is CCC1CCCC(NCc2ccccc2OC(F)(F)F)C1. The molecule has 1 aromatic rings. The van der Waals surface area contributed by atoms with Gasteiger partial charge in [-0.25, -0.2) is 0 Å². The minimum Gasteiger partial charge on any atom is -0.405 e. The Balaban J connectivity index is 1.93. The summed E-state index contributed by atoms with van der Waals surface area (Å²) in [6.07, 6.45) is 1.19. The molecule has 0 aliphatic heterocycles. The number of hydrogen-bond acceptors (Lipinski definition) is 2. The standard InChI is InChI=1S/C16H22F3NO/c1-2-12-6-5-8-14(10-12)20-11-13-7-3-4-9-15(13)21-16(17,18)19/h3-4,7,9,12,14,20H,2,5-6,8,10-11H2,1H3. The Bertz CT molecular complexity index is 447. The fraction of sp³-hybridized carbons (Fsp3) is 0.625. The van der Waals surface area contributed by atoms with Crippen molar-refractivity contribution in [1.29, 1.82) is 0 Å². The van der Waals surface area contributed by atoms with E-state index in [4.69, 9.17) is 0 Å². The van der Waals surface area contributed by atoms with Gasteiger partial charge in [-0.2, -0.15) is 0 Å². The van der Waals surface area contributed by atoms with Crippen molar-refractivity contribution in [2.75, 3.05) is 0 Å². The second kappa shape index (κ2) is 7.16. The van der Waals surface area contributed by atoms with Crippen LogP contribution < -0.4 is 10.1 Å². The largest absolute Gasteiger partial charge is 0.573 e. The van der Waals surface area contributed by atoms with Gasteiger partial charge < -0.3 is 10.1 Å². The summed E-state index contributed by atoms with van der Waals surface area (Å²) >= 11 is 0. The van der Waals surface area contributed by atoms with E-state index in [-0.39, 0.29) is 5.75 Å². The lowest BCUT2D eigenvalue weighted by atomic mass is 9.84. The molecular weight excluding hydrogens is 279 g/mol.